The Bertz CT molecular complexity index is 476. The van der Waals surface area contributed by atoms with E-state index in [0.717, 1.165) is 5.56 Å². The van der Waals surface area contributed by atoms with Crippen LogP contribution < -0.4 is 15.2 Å². The molecule has 0 spiro atoms. The summed E-state index contributed by atoms with van der Waals surface area (Å²) < 4.78 is 15.7. The second kappa shape index (κ2) is 8.37. The van der Waals surface area contributed by atoms with Crippen molar-refractivity contribution in [2.75, 3.05) is 20.3 Å². The molecule has 0 aliphatic rings. The van der Waals surface area contributed by atoms with E-state index in [1.54, 1.807) is 18.2 Å². The minimum absolute atomic E-state index is 0.248. The fraction of sp³-hybridized carbons (Fsp3) is 0.429. The van der Waals surface area contributed by atoms with Crippen molar-refractivity contribution in [2.45, 2.75) is 19.8 Å². The van der Waals surface area contributed by atoms with Crippen LogP contribution in [0.3, 0.4) is 0 Å². The molecule has 0 aliphatic carbocycles. The Morgan fingerprint density at radius 2 is 2.05 bits per heavy atom. The van der Waals surface area contributed by atoms with Gasteiger partial charge in [-0.25, -0.2) is 0 Å². The molecule has 0 fully saturated rings. The van der Waals surface area contributed by atoms with Crippen molar-refractivity contribution in [3.8, 4) is 11.5 Å². The number of benzene rings is 1. The lowest BCUT2D eigenvalue weighted by molar-refractivity contribution is -0.140. The second-order valence-corrected chi connectivity index (χ2v) is 4.43. The molecule has 1 aromatic carbocycles. The minimum Gasteiger partial charge on any atom is -0.490 e. The van der Waals surface area contributed by atoms with Crippen molar-refractivity contribution in [2.24, 2.45) is 5.73 Å². The third kappa shape index (κ3) is 5.05. The second-order valence-electron chi connectivity index (χ2n) is 3.99. The van der Waals surface area contributed by atoms with Gasteiger partial charge in [0.05, 0.1) is 20.3 Å². The third-order valence-electron chi connectivity index (χ3n) is 2.54. The third-order valence-corrected chi connectivity index (χ3v) is 2.77. The Morgan fingerprint density at radius 3 is 2.65 bits per heavy atom. The van der Waals surface area contributed by atoms with Crippen LogP contribution in [0.4, 0.5) is 0 Å². The summed E-state index contributed by atoms with van der Waals surface area (Å²) in [5, 5.41) is 0. The van der Waals surface area contributed by atoms with Crippen LogP contribution >= 0.6 is 12.2 Å². The summed E-state index contributed by atoms with van der Waals surface area (Å²) >= 11 is 4.93. The van der Waals surface area contributed by atoms with Gasteiger partial charge in [0, 0.05) is 12.0 Å². The highest BCUT2D eigenvalue weighted by Gasteiger charge is 2.08. The lowest BCUT2D eigenvalue weighted by atomic mass is 10.2. The molecule has 110 valence electrons. The molecule has 6 heteroatoms. The van der Waals surface area contributed by atoms with E-state index in [1.165, 1.54) is 7.11 Å². The first-order chi connectivity index (χ1) is 9.58. The van der Waals surface area contributed by atoms with E-state index in [1.807, 2.05) is 6.92 Å². The van der Waals surface area contributed by atoms with Gasteiger partial charge in [0.25, 0.3) is 0 Å². The summed E-state index contributed by atoms with van der Waals surface area (Å²) in [6, 6.07) is 5.29. The molecule has 1 aromatic rings. The number of nitrogens with two attached hydrogens (primary N) is 1. The molecule has 0 bridgehead atoms. The molecule has 0 amide bonds. The van der Waals surface area contributed by atoms with E-state index in [-0.39, 0.29) is 5.97 Å². The van der Waals surface area contributed by atoms with Crippen molar-refractivity contribution in [1.82, 2.24) is 0 Å². The molecule has 0 unspecified atom stereocenters. The Morgan fingerprint density at radius 1 is 1.30 bits per heavy atom. The fourth-order valence-corrected chi connectivity index (χ4v) is 1.68. The van der Waals surface area contributed by atoms with E-state index >= 15 is 0 Å². The summed E-state index contributed by atoms with van der Waals surface area (Å²) in [7, 11) is 1.37. The standard InChI is InChI=1S/C14H19NO4S/c1-3-18-12-9-10(14(15)20)6-7-11(12)19-8-4-5-13(16)17-2/h6-7,9H,3-5,8H2,1-2H3,(H2,15,20). The van der Waals surface area contributed by atoms with E-state index in [0.29, 0.717) is 42.5 Å². The van der Waals surface area contributed by atoms with E-state index in [2.05, 4.69) is 4.74 Å². The number of rotatable bonds is 8. The zero-order valence-corrected chi connectivity index (χ0v) is 12.5. The first-order valence-corrected chi connectivity index (χ1v) is 6.75. The first kappa shape index (κ1) is 16.2. The van der Waals surface area contributed by atoms with Crippen molar-refractivity contribution in [1.29, 1.82) is 0 Å². The molecule has 20 heavy (non-hydrogen) atoms. The Hall–Kier alpha value is -1.82. The predicted octanol–water partition coefficient (Wildman–Crippen LogP) is 2.05. The number of methoxy groups -OCH3 is 1. The molecule has 1 rings (SSSR count). The molecule has 0 aromatic heterocycles. The molecule has 0 saturated heterocycles. The van der Waals surface area contributed by atoms with Crippen molar-refractivity contribution < 1.29 is 19.0 Å². The number of carbonyl (C=O) groups is 1. The molecular formula is C14H19NO4S. The average molecular weight is 297 g/mol. The topological polar surface area (TPSA) is 70.8 Å². The van der Waals surface area contributed by atoms with Crippen molar-refractivity contribution in [3.63, 3.8) is 0 Å². The highest BCUT2D eigenvalue weighted by atomic mass is 32.1. The van der Waals surface area contributed by atoms with Gasteiger partial charge in [0.2, 0.25) is 0 Å². The maximum atomic E-state index is 11.0. The van der Waals surface area contributed by atoms with Gasteiger partial charge < -0.3 is 19.9 Å². The lowest BCUT2D eigenvalue weighted by Gasteiger charge is -2.13. The van der Waals surface area contributed by atoms with Gasteiger partial charge >= 0.3 is 5.97 Å². The van der Waals surface area contributed by atoms with E-state index < -0.39 is 0 Å². The molecule has 0 aliphatic heterocycles. The van der Waals surface area contributed by atoms with Gasteiger partial charge in [0.1, 0.15) is 4.99 Å². The molecule has 0 heterocycles. The summed E-state index contributed by atoms with van der Waals surface area (Å²) in [5.74, 6) is 0.954. The zero-order valence-electron chi connectivity index (χ0n) is 11.7. The largest absolute Gasteiger partial charge is 0.490 e. The molecule has 2 N–H and O–H groups in total. The number of hydrogen-bond donors (Lipinski definition) is 1. The van der Waals surface area contributed by atoms with Crippen LogP contribution in [-0.2, 0) is 9.53 Å². The SMILES string of the molecule is CCOc1cc(C(N)=S)ccc1OCCCC(=O)OC. The highest BCUT2D eigenvalue weighted by Crippen LogP contribution is 2.28. The predicted molar refractivity (Wildman–Crippen MR) is 80.2 cm³/mol. The van der Waals surface area contributed by atoms with E-state index in [4.69, 9.17) is 27.4 Å². The van der Waals surface area contributed by atoms with Crippen LogP contribution in [0, 0.1) is 0 Å². The van der Waals surface area contributed by atoms with E-state index in [9.17, 15) is 4.79 Å². The zero-order chi connectivity index (χ0) is 15.0. The molecule has 0 atom stereocenters. The van der Waals surface area contributed by atoms with Gasteiger partial charge in [-0.15, -0.1) is 0 Å². The number of hydrogen-bond acceptors (Lipinski definition) is 5. The number of esters is 1. The minimum atomic E-state index is -0.248. The monoisotopic (exact) mass is 297 g/mol. The van der Waals surface area contributed by atoms with Gasteiger partial charge in [-0.05, 0) is 31.5 Å². The number of carbonyl (C=O) groups excluding carboxylic acids is 1. The Kier molecular flexibility index (Phi) is 6.79. The van der Waals surface area contributed by atoms with Gasteiger partial charge in [0.15, 0.2) is 11.5 Å². The van der Waals surface area contributed by atoms with Gasteiger partial charge in [-0.1, -0.05) is 12.2 Å². The summed E-state index contributed by atoms with van der Waals surface area (Å²) in [4.78, 5) is 11.3. The highest BCUT2D eigenvalue weighted by molar-refractivity contribution is 7.80. The molecule has 0 saturated carbocycles. The molecule has 0 radical (unpaired) electrons. The van der Waals surface area contributed by atoms with Gasteiger partial charge in [-0.3, -0.25) is 4.79 Å². The molecular weight excluding hydrogens is 278 g/mol. The Labute approximate surface area is 124 Å². The average Bonchev–Trinajstić information content (AvgIpc) is 2.44. The number of ether oxygens (including phenoxy) is 3. The van der Waals surface area contributed by atoms with Crippen LogP contribution in [0.25, 0.3) is 0 Å². The van der Waals surface area contributed by atoms with Crippen LogP contribution in [0.15, 0.2) is 18.2 Å². The fourth-order valence-electron chi connectivity index (χ4n) is 1.55. The van der Waals surface area contributed by atoms with Crippen LogP contribution in [0.5, 0.6) is 11.5 Å². The maximum Gasteiger partial charge on any atom is 0.305 e. The molecule has 5 nitrogen and oxygen atoms in total. The van der Waals surface area contributed by atoms with Crippen LogP contribution in [0.1, 0.15) is 25.3 Å². The first-order valence-electron chi connectivity index (χ1n) is 6.34. The van der Waals surface area contributed by atoms with Crippen molar-refractivity contribution in [3.05, 3.63) is 23.8 Å². The smallest absolute Gasteiger partial charge is 0.305 e. The normalized spacial score (nSPS) is 9.90. The summed E-state index contributed by atoms with van der Waals surface area (Å²) in [5.41, 5.74) is 6.31. The summed E-state index contributed by atoms with van der Waals surface area (Å²) in [6.45, 7) is 2.80. The lowest BCUT2D eigenvalue weighted by Crippen LogP contribution is -2.10. The van der Waals surface area contributed by atoms with Crippen LogP contribution in [-0.4, -0.2) is 31.3 Å². The maximum absolute atomic E-state index is 11.0. The van der Waals surface area contributed by atoms with Gasteiger partial charge in [-0.2, -0.15) is 0 Å². The van der Waals surface area contributed by atoms with Crippen molar-refractivity contribution >= 4 is 23.2 Å². The Balaban J connectivity index is 2.64. The van der Waals surface area contributed by atoms with Crippen LogP contribution in [0.2, 0.25) is 0 Å². The quantitative estimate of drug-likeness (QED) is 0.450. The number of thiocarbonyl (C=S) groups is 1. The summed E-state index contributed by atoms with van der Waals surface area (Å²) in [6.07, 6.45) is 0.904.